The van der Waals surface area contributed by atoms with Crippen molar-refractivity contribution in [3.8, 4) is 10.6 Å². The Bertz CT molecular complexity index is 487. The van der Waals surface area contributed by atoms with Crippen molar-refractivity contribution in [3.63, 3.8) is 0 Å². The lowest BCUT2D eigenvalue weighted by atomic mass is 10.1. The second kappa shape index (κ2) is 3.75. The summed E-state index contributed by atoms with van der Waals surface area (Å²) in [5.41, 5.74) is 2.26. The Morgan fingerprint density at radius 3 is 3.00 bits per heavy atom. The Hall–Kier alpha value is -1.42. The van der Waals surface area contributed by atoms with Crippen molar-refractivity contribution in [3.05, 3.63) is 39.5 Å². The van der Waals surface area contributed by atoms with E-state index in [-0.39, 0.29) is 4.87 Å². The molecular weight excluding hydrogens is 196 g/mol. The first kappa shape index (κ1) is 9.15. The Labute approximate surface area is 85.4 Å². The van der Waals surface area contributed by atoms with Gasteiger partial charge in [0.25, 0.3) is 0 Å². The van der Waals surface area contributed by atoms with E-state index in [0.29, 0.717) is 0 Å². The van der Waals surface area contributed by atoms with Gasteiger partial charge in [-0.05, 0) is 18.1 Å². The zero-order chi connectivity index (χ0) is 9.97. The van der Waals surface area contributed by atoms with Gasteiger partial charge in [-0.15, -0.1) is 0 Å². The number of nitrogens with one attached hydrogen (secondary N) is 1. The van der Waals surface area contributed by atoms with Crippen molar-refractivity contribution in [2.75, 3.05) is 0 Å². The number of aromatic amines is 1. The fourth-order valence-corrected chi connectivity index (χ4v) is 1.88. The van der Waals surface area contributed by atoms with Crippen LogP contribution in [0.5, 0.6) is 0 Å². The number of H-pyrrole nitrogens is 1. The third-order valence-corrected chi connectivity index (χ3v) is 2.82. The Morgan fingerprint density at radius 2 is 2.36 bits per heavy atom. The maximum absolute atomic E-state index is 10.9. The molecule has 1 aromatic carbocycles. The lowest BCUT2D eigenvalue weighted by Crippen LogP contribution is -1.90. The number of rotatable bonds is 2. The van der Waals surface area contributed by atoms with Crippen LogP contribution >= 0.6 is 11.3 Å². The second-order valence-corrected chi connectivity index (χ2v) is 3.93. The van der Waals surface area contributed by atoms with Crippen LogP contribution < -0.4 is 4.87 Å². The van der Waals surface area contributed by atoms with Gasteiger partial charge in [0.2, 0.25) is 0 Å². The van der Waals surface area contributed by atoms with E-state index < -0.39 is 0 Å². The molecule has 0 spiro atoms. The van der Waals surface area contributed by atoms with Crippen LogP contribution in [-0.4, -0.2) is 10.2 Å². The van der Waals surface area contributed by atoms with E-state index in [1.807, 2.05) is 12.1 Å². The Balaban J connectivity index is 2.46. The summed E-state index contributed by atoms with van der Waals surface area (Å²) in [4.78, 5) is 10.8. The molecule has 0 amide bonds. The van der Waals surface area contributed by atoms with Crippen LogP contribution in [0.15, 0.2) is 29.1 Å². The molecule has 2 aromatic rings. The van der Waals surface area contributed by atoms with Crippen molar-refractivity contribution < 1.29 is 0 Å². The first-order valence-electron chi connectivity index (χ1n) is 4.44. The normalized spacial score (nSPS) is 10.4. The maximum atomic E-state index is 10.9. The van der Waals surface area contributed by atoms with Gasteiger partial charge >= 0.3 is 4.87 Å². The minimum Gasteiger partial charge on any atom is -0.255 e. The lowest BCUT2D eigenvalue weighted by Gasteiger charge is -1.98. The van der Waals surface area contributed by atoms with Crippen molar-refractivity contribution >= 4 is 11.3 Å². The van der Waals surface area contributed by atoms with E-state index in [4.69, 9.17) is 0 Å². The predicted octanol–water partition coefficient (Wildman–Crippen LogP) is 2.06. The summed E-state index contributed by atoms with van der Waals surface area (Å²) in [7, 11) is 0. The number of aromatic nitrogens is 2. The first-order valence-corrected chi connectivity index (χ1v) is 5.26. The molecule has 14 heavy (non-hydrogen) atoms. The summed E-state index contributed by atoms with van der Waals surface area (Å²) in [6.07, 6.45) is 0.993. The van der Waals surface area contributed by atoms with Crippen LogP contribution in [0.1, 0.15) is 12.5 Å². The fraction of sp³-hybridized carbons (Fsp3) is 0.200. The Kier molecular flexibility index (Phi) is 2.45. The SMILES string of the molecule is CCc1cccc(-c2n[nH]c(=O)s2)c1. The van der Waals surface area contributed by atoms with Gasteiger partial charge in [-0.1, -0.05) is 36.5 Å². The molecular formula is C10H10N2OS. The number of benzene rings is 1. The van der Waals surface area contributed by atoms with Gasteiger partial charge in [0, 0.05) is 5.56 Å². The molecule has 1 heterocycles. The molecule has 0 aliphatic carbocycles. The van der Waals surface area contributed by atoms with Gasteiger partial charge < -0.3 is 0 Å². The molecule has 0 saturated carbocycles. The van der Waals surface area contributed by atoms with E-state index in [0.717, 1.165) is 28.3 Å². The van der Waals surface area contributed by atoms with E-state index in [2.05, 4.69) is 29.3 Å². The molecule has 1 aromatic heterocycles. The molecule has 1 N–H and O–H groups in total. The van der Waals surface area contributed by atoms with Crippen LogP contribution in [0.25, 0.3) is 10.6 Å². The fourth-order valence-electron chi connectivity index (χ4n) is 1.28. The summed E-state index contributed by atoms with van der Waals surface area (Å²) in [5, 5.41) is 7.11. The zero-order valence-corrected chi connectivity index (χ0v) is 8.60. The van der Waals surface area contributed by atoms with Crippen LogP contribution in [-0.2, 0) is 6.42 Å². The highest BCUT2D eigenvalue weighted by Gasteiger charge is 2.02. The zero-order valence-electron chi connectivity index (χ0n) is 7.78. The van der Waals surface area contributed by atoms with Gasteiger partial charge in [-0.3, -0.25) is 4.79 Å². The molecule has 0 unspecified atom stereocenters. The first-order chi connectivity index (χ1) is 6.79. The molecule has 0 saturated heterocycles. The molecule has 0 aliphatic rings. The molecule has 0 fully saturated rings. The third-order valence-electron chi connectivity index (χ3n) is 2.02. The van der Waals surface area contributed by atoms with Crippen molar-refractivity contribution in [2.24, 2.45) is 0 Å². The summed E-state index contributed by atoms with van der Waals surface area (Å²) < 4.78 is 0. The molecule has 4 heteroatoms. The summed E-state index contributed by atoms with van der Waals surface area (Å²) in [5.74, 6) is 0. The highest BCUT2D eigenvalue weighted by molar-refractivity contribution is 7.12. The maximum Gasteiger partial charge on any atom is 0.322 e. The standard InChI is InChI=1S/C10H10N2OS/c1-2-7-4-3-5-8(6-7)9-11-12-10(13)14-9/h3-6H,2H2,1H3,(H,12,13). The smallest absolute Gasteiger partial charge is 0.255 e. The third kappa shape index (κ3) is 1.75. The van der Waals surface area contributed by atoms with Gasteiger partial charge in [-0.2, -0.15) is 5.10 Å². The van der Waals surface area contributed by atoms with Crippen LogP contribution in [0, 0.1) is 0 Å². The molecule has 0 aliphatic heterocycles. The summed E-state index contributed by atoms with van der Waals surface area (Å²) in [6, 6.07) is 8.08. The summed E-state index contributed by atoms with van der Waals surface area (Å²) in [6.45, 7) is 2.10. The Morgan fingerprint density at radius 1 is 1.50 bits per heavy atom. The molecule has 0 bridgehead atoms. The van der Waals surface area contributed by atoms with Gasteiger partial charge in [0.1, 0.15) is 5.01 Å². The minimum atomic E-state index is -0.109. The minimum absolute atomic E-state index is 0.109. The quantitative estimate of drug-likeness (QED) is 0.817. The largest absolute Gasteiger partial charge is 0.322 e. The predicted molar refractivity (Wildman–Crippen MR) is 57.5 cm³/mol. The topological polar surface area (TPSA) is 45.8 Å². The second-order valence-electron chi connectivity index (χ2n) is 2.97. The highest BCUT2D eigenvalue weighted by Crippen LogP contribution is 2.19. The monoisotopic (exact) mass is 206 g/mol. The van der Waals surface area contributed by atoms with E-state index in [1.54, 1.807) is 0 Å². The molecule has 0 radical (unpaired) electrons. The van der Waals surface area contributed by atoms with E-state index in [1.165, 1.54) is 5.56 Å². The lowest BCUT2D eigenvalue weighted by molar-refractivity contribution is 1.06. The van der Waals surface area contributed by atoms with Gasteiger partial charge in [0.15, 0.2) is 0 Å². The number of aryl methyl sites for hydroxylation is 1. The van der Waals surface area contributed by atoms with Crippen LogP contribution in [0.4, 0.5) is 0 Å². The molecule has 3 nitrogen and oxygen atoms in total. The van der Waals surface area contributed by atoms with E-state index in [9.17, 15) is 4.79 Å². The van der Waals surface area contributed by atoms with Crippen molar-refractivity contribution in [1.29, 1.82) is 0 Å². The highest BCUT2D eigenvalue weighted by atomic mass is 32.1. The van der Waals surface area contributed by atoms with Crippen molar-refractivity contribution in [1.82, 2.24) is 10.2 Å². The average Bonchev–Trinajstić information content (AvgIpc) is 2.65. The number of nitrogens with zero attached hydrogens (tertiary/aromatic N) is 1. The molecule has 72 valence electrons. The average molecular weight is 206 g/mol. The summed E-state index contributed by atoms with van der Waals surface area (Å²) >= 11 is 1.14. The van der Waals surface area contributed by atoms with Gasteiger partial charge in [0.05, 0.1) is 0 Å². The number of hydrogen-bond acceptors (Lipinski definition) is 3. The van der Waals surface area contributed by atoms with E-state index >= 15 is 0 Å². The molecule has 2 rings (SSSR count). The van der Waals surface area contributed by atoms with Crippen molar-refractivity contribution in [2.45, 2.75) is 13.3 Å². The van der Waals surface area contributed by atoms with Crippen LogP contribution in [0.2, 0.25) is 0 Å². The number of hydrogen-bond donors (Lipinski definition) is 1. The van der Waals surface area contributed by atoms with Crippen LogP contribution in [0.3, 0.4) is 0 Å². The van der Waals surface area contributed by atoms with Gasteiger partial charge in [-0.25, -0.2) is 5.10 Å². The molecule has 0 atom stereocenters.